The second-order valence-corrected chi connectivity index (χ2v) is 6.25. The van der Waals surface area contributed by atoms with Crippen molar-refractivity contribution in [1.82, 2.24) is 4.90 Å². The minimum Gasteiger partial charge on any atom is -0.465 e. The van der Waals surface area contributed by atoms with Gasteiger partial charge in [0, 0.05) is 25.2 Å². The lowest BCUT2D eigenvalue weighted by atomic mass is 10.1. The number of morpholine rings is 1. The maximum Gasteiger partial charge on any atom is 0.337 e. The Morgan fingerprint density at radius 2 is 1.78 bits per heavy atom. The Morgan fingerprint density at radius 1 is 1.11 bits per heavy atom. The van der Waals surface area contributed by atoms with Crippen LogP contribution in [0.4, 0.5) is 11.4 Å². The van der Waals surface area contributed by atoms with Gasteiger partial charge in [-0.15, -0.1) is 0 Å². The predicted octanol–water partition coefficient (Wildman–Crippen LogP) is 2.14. The molecule has 1 amide bonds. The molecule has 27 heavy (non-hydrogen) atoms. The number of carbonyl (C=O) groups excluding carboxylic acids is 2. The molecule has 1 fully saturated rings. The van der Waals surface area contributed by atoms with Gasteiger partial charge in [-0.05, 0) is 35.9 Å². The first-order valence-electron chi connectivity index (χ1n) is 8.76. The average Bonchev–Trinajstić information content (AvgIpc) is 2.73. The summed E-state index contributed by atoms with van der Waals surface area (Å²) < 4.78 is 9.98. The van der Waals surface area contributed by atoms with Crippen LogP contribution in [-0.2, 0) is 16.0 Å². The van der Waals surface area contributed by atoms with Gasteiger partial charge in [-0.25, -0.2) is 4.79 Å². The van der Waals surface area contributed by atoms with Crippen molar-refractivity contribution in [3.05, 3.63) is 59.2 Å². The minimum atomic E-state index is -0.368. The normalized spacial score (nSPS) is 13.9. The van der Waals surface area contributed by atoms with Gasteiger partial charge in [-0.1, -0.05) is 12.1 Å². The van der Waals surface area contributed by atoms with E-state index in [9.17, 15) is 9.59 Å². The highest BCUT2D eigenvalue weighted by Gasteiger charge is 2.19. The molecule has 2 aromatic carbocycles. The average molecular weight is 369 g/mol. The molecule has 0 aromatic heterocycles. The molecule has 0 aliphatic carbocycles. The summed E-state index contributed by atoms with van der Waals surface area (Å²) >= 11 is 0. The molecule has 2 aromatic rings. The SMILES string of the molecule is COC(=O)c1ccc(CNc2cc(C(=O)N3CCOCC3)ccc2N)cc1. The van der Waals surface area contributed by atoms with E-state index in [0.29, 0.717) is 55.3 Å². The van der Waals surface area contributed by atoms with E-state index >= 15 is 0 Å². The van der Waals surface area contributed by atoms with Crippen LogP contribution in [-0.4, -0.2) is 50.2 Å². The number of nitrogen functional groups attached to an aromatic ring is 1. The van der Waals surface area contributed by atoms with Crippen LogP contribution in [0.3, 0.4) is 0 Å². The van der Waals surface area contributed by atoms with Crippen LogP contribution in [0.2, 0.25) is 0 Å². The fourth-order valence-electron chi connectivity index (χ4n) is 2.87. The molecule has 1 saturated heterocycles. The lowest BCUT2D eigenvalue weighted by Gasteiger charge is -2.27. The van der Waals surface area contributed by atoms with E-state index in [2.05, 4.69) is 5.32 Å². The van der Waals surface area contributed by atoms with Crippen LogP contribution in [0.15, 0.2) is 42.5 Å². The summed E-state index contributed by atoms with van der Waals surface area (Å²) in [4.78, 5) is 25.9. The zero-order valence-electron chi connectivity index (χ0n) is 15.2. The molecule has 142 valence electrons. The van der Waals surface area contributed by atoms with E-state index in [0.717, 1.165) is 5.56 Å². The van der Waals surface area contributed by atoms with Gasteiger partial charge in [0.05, 0.1) is 37.3 Å². The molecular weight excluding hydrogens is 346 g/mol. The molecule has 0 radical (unpaired) electrons. The Bertz CT molecular complexity index is 814. The predicted molar refractivity (Wildman–Crippen MR) is 103 cm³/mol. The van der Waals surface area contributed by atoms with Gasteiger partial charge in [0.1, 0.15) is 0 Å². The Labute approximate surface area is 158 Å². The van der Waals surface area contributed by atoms with Gasteiger partial charge in [0.2, 0.25) is 0 Å². The summed E-state index contributed by atoms with van der Waals surface area (Å²) in [5, 5.41) is 3.25. The summed E-state index contributed by atoms with van der Waals surface area (Å²) in [6.45, 7) is 2.83. The van der Waals surface area contributed by atoms with Crippen molar-refractivity contribution in [1.29, 1.82) is 0 Å². The number of ether oxygens (including phenoxy) is 2. The second-order valence-electron chi connectivity index (χ2n) is 6.25. The summed E-state index contributed by atoms with van der Waals surface area (Å²) in [7, 11) is 1.35. The highest BCUT2D eigenvalue weighted by atomic mass is 16.5. The third kappa shape index (κ3) is 4.57. The third-order valence-corrected chi connectivity index (χ3v) is 4.46. The molecule has 7 heteroatoms. The van der Waals surface area contributed by atoms with E-state index in [1.165, 1.54) is 7.11 Å². The Balaban J connectivity index is 1.67. The zero-order chi connectivity index (χ0) is 19.2. The molecule has 0 saturated carbocycles. The largest absolute Gasteiger partial charge is 0.465 e. The van der Waals surface area contributed by atoms with Crippen LogP contribution < -0.4 is 11.1 Å². The number of anilines is 2. The standard InChI is InChI=1S/C20H23N3O4/c1-26-20(25)15-4-2-14(3-5-15)13-22-18-12-16(6-7-17(18)21)19(24)23-8-10-27-11-9-23/h2-7,12,22H,8-11,13,21H2,1H3. The molecule has 3 rings (SSSR count). The van der Waals surface area contributed by atoms with E-state index in [1.54, 1.807) is 35.2 Å². The summed E-state index contributed by atoms with van der Waals surface area (Å²) in [6, 6.07) is 12.4. The molecule has 1 aliphatic heterocycles. The van der Waals surface area contributed by atoms with Gasteiger partial charge in [0.15, 0.2) is 0 Å². The number of nitrogens with one attached hydrogen (secondary N) is 1. The van der Waals surface area contributed by atoms with Crippen molar-refractivity contribution < 1.29 is 19.1 Å². The van der Waals surface area contributed by atoms with Gasteiger partial charge in [-0.3, -0.25) is 4.79 Å². The molecule has 1 heterocycles. The van der Waals surface area contributed by atoms with Crippen molar-refractivity contribution >= 4 is 23.3 Å². The molecule has 0 bridgehead atoms. The van der Waals surface area contributed by atoms with E-state index < -0.39 is 0 Å². The van der Waals surface area contributed by atoms with E-state index in [-0.39, 0.29) is 11.9 Å². The van der Waals surface area contributed by atoms with E-state index in [4.69, 9.17) is 15.2 Å². The summed E-state index contributed by atoms with van der Waals surface area (Å²) in [5.74, 6) is -0.392. The maximum absolute atomic E-state index is 12.6. The number of nitrogens with two attached hydrogens (primary N) is 1. The quantitative estimate of drug-likeness (QED) is 0.619. The van der Waals surface area contributed by atoms with Crippen LogP contribution in [0.25, 0.3) is 0 Å². The number of methoxy groups -OCH3 is 1. The van der Waals surface area contributed by atoms with E-state index in [1.807, 2.05) is 12.1 Å². The Morgan fingerprint density at radius 3 is 2.44 bits per heavy atom. The molecule has 0 atom stereocenters. The van der Waals surface area contributed by atoms with Crippen LogP contribution >= 0.6 is 0 Å². The van der Waals surface area contributed by atoms with Gasteiger partial charge in [0.25, 0.3) is 5.91 Å². The number of carbonyl (C=O) groups is 2. The highest BCUT2D eigenvalue weighted by molar-refractivity contribution is 5.96. The molecule has 1 aliphatic rings. The molecule has 7 nitrogen and oxygen atoms in total. The topological polar surface area (TPSA) is 93.9 Å². The number of nitrogens with zero attached hydrogens (tertiary/aromatic N) is 1. The first kappa shape index (κ1) is 18.7. The first-order valence-corrected chi connectivity index (χ1v) is 8.76. The second kappa shape index (κ2) is 8.55. The number of hydrogen-bond donors (Lipinski definition) is 2. The number of hydrogen-bond acceptors (Lipinski definition) is 6. The number of esters is 1. The summed E-state index contributed by atoms with van der Waals surface area (Å²) in [5.41, 5.74) is 9.38. The lowest BCUT2D eigenvalue weighted by Crippen LogP contribution is -2.40. The van der Waals surface area contributed by atoms with Crippen molar-refractivity contribution in [3.63, 3.8) is 0 Å². The third-order valence-electron chi connectivity index (χ3n) is 4.46. The Kier molecular flexibility index (Phi) is 5.93. The molecule has 0 spiro atoms. The smallest absolute Gasteiger partial charge is 0.337 e. The molecule has 3 N–H and O–H groups in total. The maximum atomic E-state index is 12.6. The highest BCUT2D eigenvalue weighted by Crippen LogP contribution is 2.22. The number of rotatable bonds is 5. The lowest BCUT2D eigenvalue weighted by molar-refractivity contribution is 0.0303. The summed E-state index contributed by atoms with van der Waals surface area (Å²) in [6.07, 6.45) is 0. The number of benzene rings is 2. The van der Waals surface area contributed by atoms with Gasteiger partial charge >= 0.3 is 5.97 Å². The van der Waals surface area contributed by atoms with Crippen molar-refractivity contribution in [2.24, 2.45) is 0 Å². The van der Waals surface area contributed by atoms with Crippen molar-refractivity contribution in [2.75, 3.05) is 44.5 Å². The monoisotopic (exact) mass is 369 g/mol. The first-order chi connectivity index (χ1) is 13.1. The van der Waals surface area contributed by atoms with Gasteiger partial charge in [-0.2, -0.15) is 0 Å². The molecule has 0 unspecified atom stereocenters. The zero-order valence-corrected chi connectivity index (χ0v) is 15.2. The van der Waals surface area contributed by atoms with Crippen LogP contribution in [0, 0.1) is 0 Å². The van der Waals surface area contributed by atoms with Gasteiger partial charge < -0.3 is 25.4 Å². The van der Waals surface area contributed by atoms with Crippen LogP contribution in [0.5, 0.6) is 0 Å². The van der Waals surface area contributed by atoms with Crippen LogP contribution in [0.1, 0.15) is 26.3 Å². The number of amides is 1. The fraction of sp³-hybridized carbons (Fsp3) is 0.300. The minimum absolute atomic E-state index is 0.0243. The van der Waals surface area contributed by atoms with Crippen molar-refractivity contribution in [3.8, 4) is 0 Å². The van der Waals surface area contributed by atoms with Crippen molar-refractivity contribution in [2.45, 2.75) is 6.54 Å². The fourth-order valence-corrected chi connectivity index (χ4v) is 2.87. The molecular formula is C20H23N3O4. The Hall–Kier alpha value is -3.06.